The largest absolute Gasteiger partial charge is 0.468 e. The summed E-state index contributed by atoms with van der Waals surface area (Å²) in [6.07, 6.45) is 1.98. The Morgan fingerprint density at radius 3 is 2.77 bits per heavy atom. The van der Waals surface area contributed by atoms with Gasteiger partial charge in [0.1, 0.15) is 5.92 Å². The van der Waals surface area contributed by atoms with Gasteiger partial charge in [-0.05, 0) is 11.3 Å². The summed E-state index contributed by atoms with van der Waals surface area (Å²) in [5.41, 5.74) is 0.305. The van der Waals surface area contributed by atoms with E-state index in [4.69, 9.17) is 14.5 Å². The number of esters is 1. The molecule has 0 bridgehead atoms. The van der Waals surface area contributed by atoms with Crippen LogP contribution in [0.25, 0.3) is 0 Å². The second kappa shape index (κ2) is 5.34. The third-order valence-corrected chi connectivity index (χ3v) is 4.86. The van der Waals surface area contributed by atoms with E-state index in [1.807, 2.05) is 19.9 Å². The highest BCUT2D eigenvalue weighted by molar-refractivity contribution is 6.70. The van der Waals surface area contributed by atoms with Gasteiger partial charge in [-0.1, -0.05) is 31.6 Å². The van der Waals surface area contributed by atoms with Crippen LogP contribution in [0, 0.1) is 22.6 Å². The molecule has 1 atom stereocenters. The number of anilines is 1. The number of carbonyl (C=O) groups is 1. The Balaban J connectivity index is 1.65. The number of nitriles is 1. The van der Waals surface area contributed by atoms with Gasteiger partial charge in [0, 0.05) is 25.1 Å². The number of methoxy groups -OCH3 is 1. The summed E-state index contributed by atoms with van der Waals surface area (Å²) in [5.74, 6) is 3.02. The van der Waals surface area contributed by atoms with Gasteiger partial charge >= 0.3 is 5.97 Å². The molecule has 1 aromatic rings. The maximum atomic E-state index is 11.9. The highest BCUT2D eigenvalue weighted by atomic mass is 16.5. The molecule has 1 aromatic heterocycles. The third-order valence-electron chi connectivity index (χ3n) is 4.86. The molecule has 2 fully saturated rings. The fourth-order valence-corrected chi connectivity index (χ4v) is 3.68. The molecule has 0 aliphatic carbocycles. The molecule has 1 spiro atoms. The molecule has 0 aromatic carbocycles. The van der Waals surface area contributed by atoms with Gasteiger partial charge in [-0.2, -0.15) is 0 Å². The van der Waals surface area contributed by atoms with Crippen LogP contribution in [0.5, 0.6) is 0 Å². The number of ether oxygens (including phenoxy) is 1. The molecule has 1 unspecified atom stereocenters. The minimum atomic E-state index is -0.423. The molecule has 3 heterocycles. The number of hydrogen-bond donors (Lipinski definition) is 0. The first-order valence-corrected chi connectivity index (χ1v) is 7.67. The highest BCUT2D eigenvalue weighted by Crippen LogP contribution is 2.50. The summed E-state index contributed by atoms with van der Waals surface area (Å²) in [5, 5.41) is 13.0. The minimum Gasteiger partial charge on any atom is -0.468 e. The number of carbonyl (C=O) groups excluding carboxylic acids is 1. The summed E-state index contributed by atoms with van der Waals surface area (Å²) in [6.45, 7) is 5.97. The molecule has 0 N–H and O–H groups in total. The van der Waals surface area contributed by atoms with Crippen molar-refractivity contribution in [3.8, 4) is 5.97 Å². The summed E-state index contributed by atoms with van der Waals surface area (Å²) in [7, 11) is 1.39. The van der Waals surface area contributed by atoms with Crippen LogP contribution in [0.2, 0.25) is 12.6 Å². The van der Waals surface area contributed by atoms with Crippen LogP contribution < -0.4 is 4.90 Å². The first-order valence-electron chi connectivity index (χ1n) is 7.67. The maximum absolute atomic E-state index is 11.9. The van der Waals surface area contributed by atoms with Gasteiger partial charge in [-0.25, -0.2) is 5.26 Å². The van der Waals surface area contributed by atoms with E-state index in [-0.39, 0.29) is 18.6 Å². The molecule has 116 valence electrons. The highest BCUT2D eigenvalue weighted by Gasteiger charge is 2.54. The van der Waals surface area contributed by atoms with Crippen molar-refractivity contribution in [3.05, 3.63) is 11.8 Å². The van der Waals surface area contributed by atoms with Gasteiger partial charge in [0.2, 0.25) is 0 Å². The summed E-state index contributed by atoms with van der Waals surface area (Å²) >= 11 is 0. The van der Waals surface area contributed by atoms with E-state index in [9.17, 15) is 4.79 Å². The van der Waals surface area contributed by atoms with E-state index < -0.39 is 5.92 Å². The van der Waals surface area contributed by atoms with E-state index in [2.05, 4.69) is 16.0 Å². The van der Waals surface area contributed by atoms with E-state index in [0.29, 0.717) is 11.2 Å². The van der Waals surface area contributed by atoms with Gasteiger partial charge in [0.25, 0.3) is 6.71 Å². The Kier molecular flexibility index (Phi) is 3.63. The molecule has 6 nitrogen and oxygen atoms in total. The fourth-order valence-electron chi connectivity index (χ4n) is 3.68. The summed E-state index contributed by atoms with van der Waals surface area (Å²) < 4.78 is 10.2. The Morgan fingerprint density at radius 1 is 1.55 bits per heavy atom. The first kappa shape index (κ1) is 15.0. The van der Waals surface area contributed by atoms with Gasteiger partial charge in [0.15, 0.2) is 11.6 Å². The van der Waals surface area contributed by atoms with Gasteiger partial charge in [-0.3, -0.25) is 4.79 Å². The topological polar surface area (TPSA) is 79.4 Å². The van der Waals surface area contributed by atoms with E-state index >= 15 is 0 Å². The predicted octanol–water partition coefficient (Wildman–Crippen LogP) is 1.96. The average Bonchev–Trinajstić information content (AvgIpc) is 2.84. The van der Waals surface area contributed by atoms with Gasteiger partial charge in [-0.15, -0.1) is 0 Å². The molecule has 0 saturated carbocycles. The van der Waals surface area contributed by atoms with Crippen molar-refractivity contribution in [1.82, 2.24) is 5.16 Å². The van der Waals surface area contributed by atoms with Crippen LogP contribution >= 0.6 is 0 Å². The first-order chi connectivity index (χ1) is 10.5. The smallest absolute Gasteiger partial charge is 0.316 e. The Labute approximate surface area is 130 Å². The number of aromatic nitrogens is 1. The number of nitrogens with zero attached hydrogens (tertiary/aromatic N) is 3. The Morgan fingerprint density at radius 2 is 2.23 bits per heavy atom. The molecular weight excluding hydrogens is 281 g/mol. The van der Waals surface area contributed by atoms with Crippen molar-refractivity contribution in [1.29, 1.82) is 5.26 Å². The Hall–Kier alpha value is -1.97. The molecule has 0 radical (unpaired) electrons. The van der Waals surface area contributed by atoms with Crippen molar-refractivity contribution in [2.75, 3.05) is 25.1 Å². The SMILES string of the molecule is COC(=O)C(c1cc(N2CC3(CB(C#N)C3)C2)no1)C(C)C. The second-order valence-corrected chi connectivity index (χ2v) is 6.92. The zero-order valence-electron chi connectivity index (χ0n) is 13.2. The Bertz CT molecular complexity index is 608. The maximum Gasteiger partial charge on any atom is 0.316 e. The van der Waals surface area contributed by atoms with Crippen LogP contribution in [-0.4, -0.2) is 38.0 Å². The van der Waals surface area contributed by atoms with Gasteiger partial charge in [0.05, 0.1) is 7.11 Å². The molecule has 7 heteroatoms. The summed E-state index contributed by atoms with van der Waals surface area (Å²) in [6, 6.07) is 1.84. The number of rotatable bonds is 4. The van der Waals surface area contributed by atoms with Crippen molar-refractivity contribution in [3.63, 3.8) is 0 Å². The van der Waals surface area contributed by atoms with Crippen molar-refractivity contribution in [2.45, 2.75) is 32.4 Å². The van der Waals surface area contributed by atoms with E-state index in [0.717, 1.165) is 31.5 Å². The normalized spacial score (nSPS) is 20.3. The molecule has 2 aliphatic rings. The monoisotopic (exact) mass is 301 g/mol. The van der Waals surface area contributed by atoms with Crippen LogP contribution in [0.4, 0.5) is 5.82 Å². The number of hydrogen-bond acceptors (Lipinski definition) is 6. The lowest BCUT2D eigenvalue weighted by Crippen LogP contribution is -2.64. The lowest BCUT2D eigenvalue weighted by atomic mass is 9.26. The van der Waals surface area contributed by atoms with Crippen LogP contribution in [0.1, 0.15) is 25.5 Å². The van der Waals surface area contributed by atoms with E-state index in [1.165, 1.54) is 7.11 Å². The average molecular weight is 301 g/mol. The van der Waals surface area contributed by atoms with Crippen molar-refractivity contribution < 1.29 is 14.1 Å². The lowest BCUT2D eigenvalue weighted by Gasteiger charge is -2.57. The molecule has 2 saturated heterocycles. The molecule has 22 heavy (non-hydrogen) atoms. The molecule has 2 aliphatic heterocycles. The zero-order valence-corrected chi connectivity index (χ0v) is 13.2. The molecule has 0 amide bonds. The van der Waals surface area contributed by atoms with Crippen molar-refractivity contribution in [2.24, 2.45) is 11.3 Å². The van der Waals surface area contributed by atoms with E-state index in [1.54, 1.807) is 0 Å². The second-order valence-electron chi connectivity index (χ2n) is 6.92. The molecular formula is C15H20BN3O3. The summed E-state index contributed by atoms with van der Waals surface area (Å²) in [4.78, 5) is 14.0. The predicted molar refractivity (Wildman–Crippen MR) is 81.7 cm³/mol. The van der Waals surface area contributed by atoms with Crippen LogP contribution in [0.15, 0.2) is 10.6 Å². The minimum absolute atomic E-state index is 0.0824. The third kappa shape index (κ3) is 2.37. The van der Waals surface area contributed by atoms with Crippen LogP contribution in [-0.2, 0) is 9.53 Å². The zero-order chi connectivity index (χ0) is 15.9. The van der Waals surface area contributed by atoms with Crippen molar-refractivity contribution >= 4 is 18.5 Å². The quantitative estimate of drug-likeness (QED) is 0.625. The fraction of sp³-hybridized carbons (Fsp3) is 0.667. The molecule has 3 rings (SSSR count). The van der Waals surface area contributed by atoms with Crippen LogP contribution in [0.3, 0.4) is 0 Å². The lowest BCUT2D eigenvalue weighted by molar-refractivity contribution is -0.144. The van der Waals surface area contributed by atoms with Gasteiger partial charge < -0.3 is 14.2 Å². The standard InChI is InChI=1S/C15H20BN3O3/c1-10(2)13(14(20)21-3)11-4-12(18-22-11)19-7-15(8-19)5-16(6-15)9-17/h4,10,13H,5-8H2,1-3H3.